The minimum atomic E-state index is -0.523. The first-order valence-electron chi connectivity index (χ1n) is 8.39. The van der Waals surface area contributed by atoms with Crippen LogP contribution in [0.15, 0.2) is 47.1 Å². The van der Waals surface area contributed by atoms with E-state index in [9.17, 15) is 9.18 Å². The fourth-order valence-corrected chi connectivity index (χ4v) is 4.54. The summed E-state index contributed by atoms with van der Waals surface area (Å²) in [5, 5.41) is 0. The molecule has 1 aromatic rings. The lowest BCUT2D eigenvalue weighted by Gasteiger charge is -2.43. The number of halogens is 1. The minimum absolute atomic E-state index is 0.256. The third kappa shape index (κ3) is 1.73. The van der Waals surface area contributed by atoms with Crippen molar-refractivity contribution in [1.29, 1.82) is 0 Å². The molecule has 0 amide bonds. The van der Waals surface area contributed by atoms with Crippen LogP contribution in [0.1, 0.15) is 24.8 Å². The largest absolute Gasteiger partial charge is 0.445 e. The number of ether oxygens (including phenoxy) is 1. The van der Waals surface area contributed by atoms with E-state index in [4.69, 9.17) is 4.74 Å². The van der Waals surface area contributed by atoms with Gasteiger partial charge in [0.15, 0.2) is 5.60 Å². The van der Waals surface area contributed by atoms with Gasteiger partial charge in [0.1, 0.15) is 5.82 Å². The van der Waals surface area contributed by atoms with Gasteiger partial charge in [0.2, 0.25) is 0 Å². The first kappa shape index (κ1) is 14.0. The van der Waals surface area contributed by atoms with Crippen molar-refractivity contribution in [1.82, 2.24) is 4.90 Å². The van der Waals surface area contributed by atoms with Crippen molar-refractivity contribution in [2.24, 2.45) is 0 Å². The smallest absolute Gasteiger partial charge is 0.332 e. The molecule has 0 N–H and O–H groups in total. The molecule has 2 atom stereocenters. The molecule has 0 bridgehead atoms. The van der Waals surface area contributed by atoms with Gasteiger partial charge in [-0.15, -0.1) is 0 Å². The third-order valence-corrected chi connectivity index (χ3v) is 5.56. The van der Waals surface area contributed by atoms with Gasteiger partial charge in [-0.25, -0.2) is 9.18 Å². The van der Waals surface area contributed by atoms with Gasteiger partial charge in [0.25, 0.3) is 0 Å². The van der Waals surface area contributed by atoms with E-state index in [1.807, 2.05) is 0 Å². The Morgan fingerprint density at radius 2 is 2.04 bits per heavy atom. The number of fused-ring (bicyclic) bond motifs is 1. The number of rotatable bonds is 0. The zero-order valence-corrected chi connectivity index (χ0v) is 13.1. The molecular formula is C20H16FNO2. The Hall–Kier alpha value is -2.38. The van der Waals surface area contributed by atoms with Crippen LogP contribution in [-0.2, 0) is 9.53 Å². The van der Waals surface area contributed by atoms with Crippen LogP contribution in [0.2, 0.25) is 0 Å². The maximum absolute atomic E-state index is 13.0. The number of benzene rings is 1. The average molecular weight is 321 g/mol. The van der Waals surface area contributed by atoms with E-state index in [1.165, 1.54) is 25.0 Å². The molecule has 1 aromatic carbocycles. The summed E-state index contributed by atoms with van der Waals surface area (Å²) >= 11 is 0. The van der Waals surface area contributed by atoms with Crippen molar-refractivity contribution in [3.8, 4) is 11.8 Å². The topological polar surface area (TPSA) is 29.5 Å². The van der Waals surface area contributed by atoms with E-state index in [0.717, 1.165) is 41.8 Å². The number of hydrogen-bond acceptors (Lipinski definition) is 3. The van der Waals surface area contributed by atoms with Crippen molar-refractivity contribution in [2.45, 2.75) is 30.9 Å². The molecule has 0 radical (unpaired) electrons. The van der Waals surface area contributed by atoms with Gasteiger partial charge in [-0.05, 0) is 43.7 Å². The Morgan fingerprint density at radius 3 is 2.88 bits per heavy atom. The number of carbonyl (C=O) groups excluding carboxylic acids is 1. The summed E-state index contributed by atoms with van der Waals surface area (Å²) < 4.78 is 18.8. The molecule has 2 fully saturated rings. The third-order valence-electron chi connectivity index (χ3n) is 5.56. The Morgan fingerprint density at radius 1 is 1.21 bits per heavy atom. The van der Waals surface area contributed by atoms with Gasteiger partial charge in [-0.1, -0.05) is 18.3 Å². The highest BCUT2D eigenvalue weighted by atomic mass is 19.1. The van der Waals surface area contributed by atoms with E-state index in [1.54, 1.807) is 18.2 Å². The molecule has 3 aliphatic heterocycles. The number of carbonyl (C=O) groups is 1. The van der Waals surface area contributed by atoms with Crippen molar-refractivity contribution in [2.75, 3.05) is 13.1 Å². The Balaban J connectivity index is 1.56. The van der Waals surface area contributed by atoms with Crippen LogP contribution in [0.5, 0.6) is 0 Å². The summed E-state index contributed by atoms with van der Waals surface area (Å²) in [7, 11) is 0. The zero-order valence-electron chi connectivity index (χ0n) is 13.1. The molecule has 1 aliphatic carbocycles. The summed E-state index contributed by atoms with van der Waals surface area (Å²) in [6.07, 6.45) is 5.05. The van der Waals surface area contributed by atoms with Gasteiger partial charge in [-0.3, -0.25) is 4.90 Å². The van der Waals surface area contributed by atoms with Crippen molar-refractivity contribution < 1.29 is 13.9 Å². The first-order chi connectivity index (χ1) is 11.7. The molecule has 4 heteroatoms. The Labute approximate surface area is 139 Å². The molecule has 3 heterocycles. The van der Waals surface area contributed by atoms with Crippen LogP contribution in [-0.4, -0.2) is 35.6 Å². The van der Waals surface area contributed by atoms with Gasteiger partial charge >= 0.3 is 5.97 Å². The molecule has 24 heavy (non-hydrogen) atoms. The summed E-state index contributed by atoms with van der Waals surface area (Å²) in [5.41, 5.74) is 3.29. The molecule has 5 rings (SSSR count). The van der Waals surface area contributed by atoms with Crippen LogP contribution >= 0.6 is 0 Å². The Kier molecular flexibility index (Phi) is 2.81. The van der Waals surface area contributed by atoms with E-state index < -0.39 is 5.60 Å². The second-order valence-corrected chi connectivity index (χ2v) is 6.81. The highest BCUT2D eigenvalue weighted by molar-refractivity contribution is 5.94. The molecule has 4 aliphatic rings. The summed E-state index contributed by atoms with van der Waals surface area (Å²) in [5.74, 6) is 5.77. The second kappa shape index (κ2) is 4.81. The predicted octanol–water partition coefficient (Wildman–Crippen LogP) is 2.58. The van der Waals surface area contributed by atoms with E-state index in [0.29, 0.717) is 0 Å². The lowest BCUT2D eigenvalue weighted by molar-refractivity contribution is -0.146. The van der Waals surface area contributed by atoms with Crippen molar-refractivity contribution in [3.63, 3.8) is 0 Å². The standard InChI is InChI=1S/C20H16FNO2/c21-14-7-4-13(5-8-14)6-9-15-16-11-19(23)24-20(16)17(15)12-22-10-2-1-3-18(20)22/h4-5,7-8,11,18H,1-3,10,12H2/t18?,20-/m1/s1. The number of nitrogens with zero attached hydrogens (tertiary/aromatic N) is 1. The molecule has 120 valence electrons. The molecular weight excluding hydrogens is 305 g/mol. The molecule has 1 unspecified atom stereocenters. The van der Waals surface area contributed by atoms with Crippen LogP contribution in [0.25, 0.3) is 0 Å². The van der Waals surface area contributed by atoms with Crippen LogP contribution in [0, 0.1) is 17.7 Å². The van der Waals surface area contributed by atoms with Crippen LogP contribution in [0.3, 0.4) is 0 Å². The van der Waals surface area contributed by atoms with Gasteiger partial charge < -0.3 is 4.74 Å². The predicted molar refractivity (Wildman–Crippen MR) is 86.4 cm³/mol. The number of hydrogen-bond donors (Lipinski definition) is 0. The fourth-order valence-electron chi connectivity index (χ4n) is 4.54. The number of piperidine rings is 1. The van der Waals surface area contributed by atoms with E-state index >= 15 is 0 Å². The molecule has 1 spiro atoms. The maximum atomic E-state index is 13.0. The van der Waals surface area contributed by atoms with Crippen LogP contribution in [0.4, 0.5) is 4.39 Å². The highest BCUT2D eigenvalue weighted by Gasteiger charge is 2.66. The summed E-state index contributed by atoms with van der Waals surface area (Å²) in [6, 6.07) is 6.42. The van der Waals surface area contributed by atoms with Gasteiger partial charge in [-0.2, -0.15) is 0 Å². The Bertz CT molecular complexity index is 871. The number of esters is 1. The molecule has 3 nitrogen and oxygen atoms in total. The zero-order chi connectivity index (χ0) is 16.3. The van der Waals surface area contributed by atoms with Gasteiger partial charge in [0.05, 0.1) is 6.04 Å². The van der Waals surface area contributed by atoms with Crippen molar-refractivity contribution in [3.05, 3.63) is 58.4 Å². The van der Waals surface area contributed by atoms with E-state index in [-0.39, 0.29) is 17.8 Å². The molecule has 0 aromatic heterocycles. The monoisotopic (exact) mass is 321 g/mol. The lowest BCUT2D eigenvalue weighted by Crippen LogP contribution is -2.52. The van der Waals surface area contributed by atoms with Crippen molar-refractivity contribution >= 4 is 5.97 Å². The van der Waals surface area contributed by atoms with E-state index in [2.05, 4.69) is 16.7 Å². The maximum Gasteiger partial charge on any atom is 0.332 e. The molecule has 0 saturated carbocycles. The fraction of sp³-hybridized carbons (Fsp3) is 0.350. The summed E-state index contributed by atoms with van der Waals surface area (Å²) in [6.45, 7) is 1.89. The quantitative estimate of drug-likeness (QED) is 0.543. The molecule has 2 saturated heterocycles. The van der Waals surface area contributed by atoms with Crippen LogP contribution < -0.4 is 0 Å². The first-order valence-corrected chi connectivity index (χ1v) is 8.39. The SMILES string of the molecule is O=C1C=C2C(C#Cc3ccc(F)cc3)=C3CN4CCCCC4[C@@]23O1. The van der Waals surface area contributed by atoms with Gasteiger partial charge in [0, 0.05) is 34.9 Å². The second-order valence-electron chi connectivity index (χ2n) is 6.81. The minimum Gasteiger partial charge on any atom is -0.445 e. The summed E-state index contributed by atoms with van der Waals surface area (Å²) in [4.78, 5) is 14.4. The highest BCUT2D eigenvalue weighted by Crippen LogP contribution is 2.58. The average Bonchev–Trinajstić information content (AvgIpc) is 3.04. The lowest BCUT2D eigenvalue weighted by atomic mass is 9.67. The normalized spacial score (nSPS) is 30.5.